The summed E-state index contributed by atoms with van der Waals surface area (Å²) in [4.78, 5) is 15.2. The van der Waals surface area contributed by atoms with Gasteiger partial charge in [-0.05, 0) is 18.2 Å². The van der Waals surface area contributed by atoms with E-state index in [9.17, 15) is 4.79 Å². The third-order valence-corrected chi connectivity index (χ3v) is 2.65. The highest BCUT2D eigenvalue weighted by atomic mass is 16.4. The third kappa shape index (κ3) is 1.71. The van der Waals surface area contributed by atoms with Crippen LogP contribution in [-0.4, -0.2) is 25.8 Å². The van der Waals surface area contributed by atoms with E-state index in [2.05, 4.69) is 10.1 Å². The topological polar surface area (TPSA) is 68.0 Å². The highest BCUT2D eigenvalue weighted by Gasteiger charge is 2.08. The second-order valence-electron chi connectivity index (χ2n) is 3.84. The van der Waals surface area contributed by atoms with E-state index in [1.165, 1.54) is 17.1 Å². The molecule has 1 N–H and O–H groups in total. The smallest absolute Gasteiger partial charge is 0.338 e. The molecule has 5 heteroatoms. The van der Waals surface area contributed by atoms with Crippen molar-refractivity contribution in [3.63, 3.8) is 0 Å². The van der Waals surface area contributed by atoms with Gasteiger partial charge in [-0.15, -0.1) is 0 Å². The molecule has 0 aliphatic rings. The summed E-state index contributed by atoms with van der Waals surface area (Å²) in [5, 5.41) is 13.9. The number of fused-ring (bicyclic) bond motifs is 1. The maximum atomic E-state index is 10.8. The van der Waals surface area contributed by atoms with Crippen LogP contribution in [0.1, 0.15) is 10.4 Å². The number of carbonyl (C=O) groups is 1. The number of hydrogen-bond donors (Lipinski definition) is 1. The molecule has 3 aromatic rings. The number of rotatable bonds is 2. The van der Waals surface area contributed by atoms with Gasteiger partial charge in [-0.3, -0.25) is 0 Å². The molecule has 3 rings (SSSR count). The van der Waals surface area contributed by atoms with Gasteiger partial charge in [0.1, 0.15) is 0 Å². The summed E-state index contributed by atoms with van der Waals surface area (Å²) in [5.74, 6) is -0.400. The Hall–Kier alpha value is -2.69. The normalized spacial score (nSPS) is 10.7. The lowest BCUT2D eigenvalue weighted by Gasteiger charge is -2.02. The number of hydrogen-bond acceptors (Lipinski definition) is 3. The summed E-state index contributed by atoms with van der Waals surface area (Å²) in [5.41, 5.74) is 0.993. The van der Waals surface area contributed by atoms with E-state index in [0.717, 1.165) is 10.9 Å². The first kappa shape index (κ1) is 10.5. The molecule has 0 saturated carbocycles. The minimum Gasteiger partial charge on any atom is -0.478 e. The quantitative estimate of drug-likeness (QED) is 0.743. The van der Waals surface area contributed by atoms with E-state index in [1.54, 1.807) is 6.07 Å². The molecule has 18 heavy (non-hydrogen) atoms. The van der Waals surface area contributed by atoms with Crippen LogP contribution < -0.4 is 0 Å². The van der Waals surface area contributed by atoms with Gasteiger partial charge in [0.2, 0.25) is 0 Å². The Kier molecular flexibility index (Phi) is 2.30. The van der Waals surface area contributed by atoms with Crippen molar-refractivity contribution in [3.8, 4) is 5.82 Å². The number of pyridine rings is 1. The lowest BCUT2D eigenvalue weighted by atomic mass is 10.2. The predicted molar refractivity (Wildman–Crippen MR) is 65.8 cm³/mol. The summed E-state index contributed by atoms with van der Waals surface area (Å²) in [7, 11) is 0. The first-order valence-corrected chi connectivity index (χ1v) is 5.38. The zero-order valence-electron chi connectivity index (χ0n) is 9.32. The second-order valence-corrected chi connectivity index (χ2v) is 3.84. The Morgan fingerprint density at radius 2 is 2.00 bits per heavy atom. The first-order valence-electron chi connectivity index (χ1n) is 5.38. The van der Waals surface area contributed by atoms with Gasteiger partial charge in [-0.2, -0.15) is 5.10 Å². The van der Waals surface area contributed by atoms with Crippen molar-refractivity contribution in [2.24, 2.45) is 0 Å². The number of para-hydroxylation sites is 1. The lowest BCUT2D eigenvalue weighted by Crippen LogP contribution is -1.98. The van der Waals surface area contributed by atoms with E-state index in [4.69, 9.17) is 5.11 Å². The van der Waals surface area contributed by atoms with E-state index < -0.39 is 5.97 Å². The van der Waals surface area contributed by atoms with Crippen molar-refractivity contribution in [1.29, 1.82) is 0 Å². The van der Waals surface area contributed by atoms with Crippen LogP contribution in [-0.2, 0) is 0 Å². The van der Waals surface area contributed by atoms with E-state index >= 15 is 0 Å². The summed E-state index contributed by atoms with van der Waals surface area (Å²) in [6.07, 6.45) is 2.75. The SMILES string of the molecule is O=C(O)c1cnn(-c2ccc3ccccc3n2)c1. The highest BCUT2D eigenvalue weighted by molar-refractivity contribution is 5.87. The fourth-order valence-corrected chi connectivity index (χ4v) is 1.74. The second kappa shape index (κ2) is 3.96. The van der Waals surface area contributed by atoms with Crippen molar-refractivity contribution in [1.82, 2.24) is 14.8 Å². The minimum atomic E-state index is -0.998. The third-order valence-electron chi connectivity index (χ3n) is 2.65. The molecule has 88 valence electrons. The number of aromatic carboxylic acids is 1. The Bertz CT molecular complexity index is 734. The maximum absolute atomic E-state index is 10.8. The van der Waals surface area contributed by atoms with Gasteiger partial charge in [0, 0.05) is 11.6 Å². The average Bonchev–Trinajstić information content (AvgIpc) is 2.88. The first-order chi connectivity index (χ1) is 8.74. The zero-order valence-corrected chi connectivity index (χ0v) is 9.32. The number of nitrogens with zero attached hydrogens (tertiary/aromatic N) is 3. The van der Waals surface area contributed by atoms with Gasteiger partial charge >= 0.3 is 5.97 Å². The number of carboxylic acids is 1. The molecule has 1 aromatic carbocycles. The van der Waals surface area contributed by atoms with Crippen LogP contribution in [0.3, 0.4) is 0 Å². The van der Waals surface area contributed by atoms with Crippen molar-refractivity contribution in [3.05, 3.63) is 54.4 Å². The summed E-state index contributed by atoms with van der Waals surface area (Å²) in [6, 6.07) is 11.5. The van der Waals surface area contributed by atoms with Gasteiger partial charge < -0.3 is 5.11 Å². The Labute approximate surface area is 102 Å². The molecular weight excluding hydrogens is 230 g/mol. The molecule has 0 radical (unpaired) electrons. The molecule has 0 spiro atoms. The summed E-state index contributed by atoms with van der Waals surface area (Å²) in [6.45, 7) is 0. The molecule has 0 unspecified atom stereocenters. The monoisotopic (exact) mass is 239 g/mol. The van der Waals surface area contributed by atoms with Gasteiger partial charge in [0.05, 0.1) is 17.3 Å². The van der Waals surface area contributed by atoms with Gasteiger partial charge in [-0.25, -0.2) is 14.5 Å². The van der Waals surface area contributed by atoms with Crippen LogP contribution >= 0.6 is 0 Å². The van der Waals surface area contributed by atoms with Gasteiger partial charge in [0.15, 0.2) is 5.82 Å². The molecule has 2 heterocycles. The largest absolute Gasteiger partial charge is 0.478 e. The molecule has 0 bridgehead atoms. The zero-order chi connectivity index (χ0) is 12.5. The van der Waals surface area contributed by atoms with Crippen molar-refractivity contribution < 1.29 is 9.90 Å². The Morgan fingerprint density at radius 3 is 2.78 bits per heavy atom. The molecule has 0 aliphatic heterocycles. The van der Waals surface area contributed by atoms with Crippen molar-refractivity contribution >= 4 is 16.9 Å². The van der Waals surface area contributed by atoms with Crippen LogP contribution in [0.4, 0.5) is 0 Å². The standard InChI is InChI=1S/C13H9N3O2/c17-13(18)10-7-14-16(8-10)12-6-5-9-3-1-2-4-11(9)15-12/h1-8H,(H,17,18). The fourth-order valence-electron chi connectivity index (χ4n) is 1.74. The molecule has 0 aliphatic carbocycles. The number of carboxylic acid groups (broad SMARTS) is 1. The van der Waals surface area contributed by atoms with E-state index in [0.29, 0.717) is 5.82 Å². The molecule has 0 amide bonds. The molecular formula is C13H9N3O2. The number of benzene rings is 1. The molecule has 0 saturated heterocycles. The van der Waals surface area contributed by atoms with Crippen molar-refractivity contribution in [2.45, 2.75) is 0 Å². The lowest BCUT2D eigenvalue weighted by molar-refractivity contribution is 0.0697. The van der Waals surface area contributed by atoms with E-state index in [-0.39, 0.29) is 5.56 Å². The van der Waals surface area contributed by atoms with Crippen LogP contribution in [0.5, 0.6) is 0 Å². The van der Waals surface area contributed by atoms with Crippen LogP contribution in [0, 0.1) is 0 Å². The fraction of sp³-hybridized carbons (Fsp3) is 0. The van der Waals surface area contributed by atoms with Crippen molar-refractivity contribution in [2.75, 3.05) is 0 Å². The van der Waals surface area contributed by atoms with Gasteiger partial charge in [0.25, 0.3) is 0 Å². The van der Waals surface area contributed by atoms with E-state index in [1.807, 2.05) is 30.3 Å². The van der Waals surface area contributed by atoms with Crippen LogP contribution in [0.25, 0.3) is 16.7 Å². The highest BCUT2D eigenvalue weighted by Crippen LogP contribution is 2.14. The van der Waals surface area contributed by atoms with Crippen LogP contribution in [0.2, 0.25) is 0 Å². The average molecular weight is 239 g/mol. The Balaban J connectivity index is 2.10. The summed E-state index contributed by atoms with van der Waals surface area (Å²) >= 11 is 0. The maximum Gasteiger partial charge on any atom is 0.338 e. The predicted octanol–water partition coefficient (Wildman–Crippen LogP) is 2.12. The van der Waals surface area contributed by atoms with Crippen LogP contribution in [0.15, 0.2) is 48.8 Å². The minimum absolute atomic E-state index is 0.143. The van der Waals surface area contributed by atoms with Gasteiger partial charge in [-0.1, -0.05) is 18.2 Å². The number of aromatic nitrogens is 3. The molecule has 5 nitrogen and oxygen atoms in total. The Morgan fingerprint density at radius 1 is 1.17 bits per heavy atom. The molecule has 0 fully saturated rings. The summed E-state index contributed by atoms with van der Waals surface area (Å²) < 4.78 is 1.45. The molecule has 2 aromatic heterocycles. The molecule has 0 atom stereocenters.